The number of rotatable bonds is 1. The van der Waals surface area contributed by atoms with Gasteiger partial charge in [-0.1, -0.05) is 28.1 Å². The number of nitrogens with zero attached hydrogens (tertiary/aromatic N) is 1. The van der Waals surface area contributed by atoms with Crippen LogP contribution in [0.1, 0.15) is 4.11 Å². The Hall–Kier alpha value is -0.670. The third-order valence-electron chi connectivity index (χ3n) is 1.67. The lowest BCUT2D eigenvalue weighted by atomic mass is 10.1. The van der Waals surface area contributed by atoms with Gasteiger partial charge in [0.15, 0.2) is 0 Å². The topological polar surface area (TPSA) is 12.9 Å². The summed E-state index contributed by atoms with van der Waals surface area (Å²) >= 11 is 6.50. The van der Waals surface area contributed by atoms with E-state index in [2.05, 4.69) is 36.8 Å². The van der Waals surface area contributed by atoms with E-state index in [0.717, 1.165) is 10.0 Å². The molecule has 0 aliphatic heterocycles. The zero-order valence-electron chi connectivity index (χ0n) is 10.0. The van der Waals surface area contributed by atoms with Crippen molar-refractivity contribution in [2.75, 3.05) is 0 Å². The summed E-state index contributed by atoms with van der Waals surface area (Å²) in [4.78, 5) is 3.79. The molecule has 1 aromatic carbocycles. The van der Waals surface area contributed by atoms with Crippen molar-refractivity contribution in [2.45, 2.75) is 0 Å². The first-order valence-corrected chi connectivity index (χ1v) is 5.48. The summed E-state index contributed by atoms with van der Waals surface area (Å²) in [6, 6.07) is 7.46. The maximum absolute atomic E-state index is 7.94. The monoisotopic (exact) mass is 314 g/mol. The van der Waals surface area contributed by atoms with Crippen LogP contribution in [0.25, 0.3) is 11.1 Å². The van der Waals surface area contributed by atoms with Crippen LogP contribution in [0.2, 0.25) is 0 Å². The maximum Gasteiger partial charge on any atom is 0.0852 e. The van der Waals surface area contributed by atoms with Gasteiger partial charge in [0.1, 0.15) is 0 Å². The van der Waals surface area contributed by atoms with E-state index in [9.17, 15) is 0 Å². The summed E-state index contributed by atoms with van der Waals surface area (Å²) in [5.41, 5.74) is 1.16. The molecular formula is C11H7Br2N. The van der Waals surface area contributed by atoms with Crippen LogP contribution >= 0.6 is 31.9 Å². The second kappa shape index (κ2) is 4.24. The van der Waals surface area contributed by atoms with Gasteiger partial charge in [-0.2, -0.15) is 0 Å². The standard InChI is InChI=1S/C11H7Br2N/c12-10-3-1-2-8(4-10)9-5-11(13)7-14-6-9/h1-7H/i5D,6D,7D. The third kappa shape index (κ3) is 2.22. The summed E-state index contributed by atoms with van der Waals surface area (Å²) in [5, 5.41) is 0. The number of hydrogen-bond acceptors (Lipinski definition) is 1. The Morgan fingerprint density at radius 2 is 1.93 bits per heavy atom. The molecule has 0 N–H and O–H groups in total. The predicted octanol–water partition coefficient (Wildman–Crippen LogP) is 4.27. The summed E-state index contributed by atoms with van der Waals surface area (Å²) < 4.78 is 24.4. The number of aromatic nitrogens is 1. The quantitative estimate of drug-likeness (QED) is 0.765. The normalized spacial score (nSPS) is 13.1. The number of halogens is 2. The van der Waals surface area contributed by atoms with Crippen molar-refractivity contribution in [3.8, 4) is 11.1 Å². The Labute approximate surface area is 104 Å². The van der Waals surface area contributed by atoms with Gasteiger partial charge in [-0.05, 0) is 39.7 Å². The number of hydrogen-bond donors (Lipinski definition) is 0. The molecule has 1 nitrogen and oxygen atoms in total. The van der Waals surface area contributed by atoms with Crippen LogP contribution in [0.15, 0.2) is 51.6 Å². The summed E-state index contributed by atoms with van der Waals surface area (Å²) in [7, 11) is 0. The van der Waals surface area contributed by atoms with Crippen molar-refractivity contribution in [1.29, 1.82) is 0 Å². The average molecular weight is 316 g/mol. The highest BCUT2D eigenvalue weighted by Gasteiger charge is 1.98. The van der Waals surface area contributed by atoms with Crippen LogP contribution in [0.3, 0.4) is 0 Å². The summed E-state index contributed by atoms with van der Waals surface area (Å²) in [5.74, 6) is 0. The van der Waals surface area contributed by atoms with Crippen LogP contribution in [0.5, 0.6) is 0 Å². The molecule has 0 atom stereocenters. The lowest BCUT2D eigenvalue weighted by Crippen LogP contribution is -1.79. The van der Waals surface area contributed by atoms with Gasteiger partial charge in [-0.3, -0.25) is 4.98 Å². The molecule has 70 valence electrons. The molecule has 0 amide bonds. The molecule has 3 heteroatoms. The van der Waals surface area contributed by atoms with Crippen molar-refractivity contribution in [3.05, 3.63) is 51.6 Å². The Bertz CT molecular complexity index is 587. The van der Waals surface area contributed by atoms with E-state index in [4.69, 9.17) is 4.11 Å². The van der Waals surface area contributed by atoms with Crippen LogP contribution in [0.4, 0.5) is 0 Å². The number of pyridine rings is 1. The predicted molar refractivity (Wildman–Crippen MR) is 65.1 cm³/mol. The lowest BCUT2D eigenvalue weighted by Gasteiger charge is -2.01. The first kappa shape index (κ1) is 6.75. The molecule has 1 aromatic heterocycles. The van der Waals surface area contributed by atoms with E-state index >= 15 is 0 Å². The van der Waals surface area contributed by atoms with Crippen LogP contribution in [0, 0.1) is 0 Å². The van der Waals surface area contributed by atoms with Crippen LogP contribution < -0.4 is 0 Å². The molecule has 14 heavy (non-hydrogen) atoms. The molecule has 0 saturated heterocycles. The Balaban J connectivity index is 2.72. The van der Waals surface area contributed by atoms with Gasteiger partial charge in [0.2, 0.25) is 0 Å². The minimum atomic E-state index is -0.0845. The Morgan fingerprint density at radius 3 is 2.71 bits per heavy atom. The fraction of sp³-hybridized carbons (Fsp3) is 0. The second-order valence-electron chi connectivity index (χ2n) is 2.66. The van der Waals surface area contributed by atoms with Crippen molar-refractivity contribution in [3.63, 3.8) is 0 Å². The minimum Gasteiger partial charge on any atom is -0.263 e. The second-order valence-corrected chi connectivity index (χ2v) is 4.37. The van der Waals surface area contributed by atoms with E-state index in [0.29, 0.717) is 10.0 Å². The molecule has 2 rings (SSSR count). The first-order chi connectivity index (χ1) is 8.00. The highest BCUT2D eigenvalue weighted by molar-refractivity contribution is 9.10. The smallest absolute Gasteiger partial charge is 0.0852 e. The van der Waals surface area contributed by atoms with Gasteiger partial charge in [0.05, 0.1) is 4.11 Å². The molecule has 0 radical (unpaired) electrons. The lowest BCUT2D eigenvalue weighted by molar-refractivity contribution is 1.31. The minimum absolute atomic E-state index is 0.0544. The van der Waals surface area contributed by atoms with Gasteiger partial charge in [0.25, 0.3) is 0 Å². The molecule has 2 aromatic rings. The third-order valence-corrected chi connectivity index (χ3v) is 2.54. The SMILES string of the molecule is [2H]c1nc([2H])c(-c2cccc(Br)c2)c([2H])c1Br. The molecular weight excluding hydrogens is 306 g/mol. The van der Waals surface area contributed by atoms with Crippen molar-refractivity contribution >= 4 is 31.9 Å². The molecule has 0 fully saturated rings. The maximum atomic E-state index is 7.94. The van der Waals surface area contributed by atoms with E-state index in [1.54, 1.807) is 0 Å². The summed E-state index contributed by atoms with van der Waals surface area (Å²) in [6.45, 7) is 0. The highest BCUT2D eigenvalue weighted by atomic mass is 79.9. The molecule has 0 spiro atoms. The molecule has 0 unspecified atom stereocenters. The van der Waals surface area contributed by atoms with Gasteiger partial charge < -0.3 is 0 Å². The average Bonchev–Trinajstić information content (AvgIpc) is 2.26. The van der Waals surface area contributed by atoms with Crippen molar-refractivity contribution in [2.24, 2.45) is 0 Å². The van der Waals surface area contributed by atoms with E-state index in [1.165, 1.54) is 0 Å². The molecule has 0 aliphatic carbocycles. The van der Waals surface area contributed by atoms with Crippen molar-refractivity contribution < 1.29 is 4.11 Å². The number of benzene rings is 1. The zero-order chi connectivity index (χ0) is 12.6. The fourth-order valence-electron chi connectivity index (χ4n) is 1.08. The molecule has 0 saturated carbocycles. The Kier molecular flexibility index (Phi) is 2.04. The molecule has 1 heterocycles. The van der Waals surface area contributed by atoms with Gasteiger partial charge in [-0.25, -0.2) is 0 Å². The van der Waals surface area contributed by atoms with Crippen LogP contribution in [-0.2, 0) is 0 Å². The first-order valence-electron chi connectivity index (χ1n) is 5.40. The Morgan fingerprint density at radius 1 is 1.07 bits per heavy atom. The molecule has 0 bridgehead atoms. The van der Waals surface area contributed by atoms with Gasteiger partial charge in [-0.15, -0.1) is 0 Å². The largest absolute Gasteiger partial charge is 0.263 e. The molecule has 0 aliphatic rings. The van der Waals surface area contributed by atoms with Crippen LogP contribution in [-0.4, -0.2) is 4.98 Å². The van der Waals surface area contributed by atoms with E-state index in [-0.39, 0.29) is 18.4 Å². The highest BCUT2D eigenvalue weighted by Crippen LogP contribution is 2.24. The van der Waals surface area contributed by atoms with Gasteiger partial charge in [0, 0.05) is 26.9 Å². The van der Waals surface area contributed by atoms with Crippen molar-refractivity contribution in [1.82, 2.24) is 4.98 Å². The fourth-order valence-corrected chi connectivity index (χ4v) is 1.77. The van der Waals surface area contributed by atoms with Gasteiger partial charge >= 0.3 is 0 Å². The summed E-state index contributed by atoms with van der Waals surface area (Å²) in [6.07, 6.45) is -0.139. The zero-order valence-corrected chi connectivity index (χ0v) is 10.2. The van der Waals surface area contributed by atoms with E-state index in [1.807, 2.05) is 24.3 Å². The van der Waals surface area contributed by atoms with E-state index < -0.39 is 0 Å².